The molecule has 0 saturated carbocycles. The summed E-state index contributed by atoms with van der Waals surface area (Å²) in [7, 11) is 1.80. The standard InChI is InChI=1S/C19H21FN4O2S/c1-12(25)11-22-16-10-14(8-9-21-16)18-17(13-4-6-15(20)7-5-13)23-19(24(18)2)27(3)26/h4-10,12,25H,11H2,1-3H3,(H,21,22). The van der Waals surface area contributed by atoms with Gasteiger partial charge >= 0.3 is 5.16 Å². The van der Waals surface area contributed by atoms with E-state index in [9.17, 15) is 14.0 Å². The largest absolute Gasteiger partial charge is 0.609 e. The van der Waals surface area contributed by atoms with Crippen molar-refractivity contribution in [2.45, 2.75) is 18.2 Å². The maximum Gasteiger partial charge on any atom is 0.323 e. The molecule has 0 radical (unpaired) electrons. The van der Waals surface area contributed by atoms with Gasteiger partial charge in [0.15, 0.2) is 0 Å². The molecular formula is C19H21FN4O2S. The van der Waals surface area contributed by atoms with E-state index >= 15 is 0 Å². The number of anilines is 1. The summed E-state index contributed by atoms with van der Waals surface area (Å²) in [5.74, 6) is 0.280. The molecule has 0 fully saturated rings. The second-order valence-electron chi connectivity index (χ2n) is 6.27. The molecule has 0 spiro atoms. The van der Waals surface area contributed by atoms with Gasteiger partial charge in [-0.1, -0.05) is 0 Å². The molecule has 142 valence electrons. The quantitative estimate of drug-likeness (QED) is 0.634. The van der Waals surface area contributed by atoms with Crippen LogP contribution in [0.25, 0.3) is 22.5 Å². The molecule has 0 bridgehead atoms. The maximum absolute atomic E-state index is 13.3. The lowest BCUT2D eigenvalue weighted by Crippen LogP contribution is -2.16. The number of nitrogens with one attached hydrogen (secondary N) is 1. The number of hydrogen-bond acceptors (Lipinski definition) is 5. The van der Waals surface area contributed by atoms with Crippen LogP contribution < -0.4 is 5.32 Å². The summed E-state index contributed by atoms with van der Waals surface area (Å²) in [4.78, 5) is 8.81. The highest BCUT2D eigenvalue weighted by Crippen LogP contribution is 2.34. The third kappa shape index (κ3) is 4.29. The van der Waals surface area contributed by atoms with Crippen molar-refractivity contribution < 1.29 is 14.0 Å². The molecule has 2 aromatic heterocycles. The summed E-state index contributed by atoms with van der Waals surface area (Å²) >= 11 is -1.28. The topological polar surface area (TPSA) is 86.0 Å². The van der Waals surface area contributed by atoms with Crippen molar-refractivity contribution in [2.24, 2.45) is 7.05 Å². The smallest absolute Gasteiger partial charge is 0.323 e. The van der Waals surface area contributed by atoms with Crippen molar-refractivity contribution in [1.82, 2.24) is 14.5 Å². The molecule has 0 aliphatic heterocycles. The van der Waals surface area contributed by atoms with Gasteiger partial charge in [-0.05, 0) is 43.3 Å². The summed E-state index contributed by atoms with van der Waals surface area (Å²) in [6, 6.07) is 9.72. The van der Waals surface area contributed by atoms with Crippen LogP contribution in [0, 0.1) is 5.82 Å². The van der Waals surface area contributed by atoms with Crippen molar-refractivity contribution in [3.63, 3.8) is 0 Å². The minimum Gasteiger partial charge on any atom is -0.609 e. The van der Waals surface area contributed by atoms with Gasteiger partial charge in [0, 0.05) is 42.1 Å². The average molecular weight is 388 g/mol. The molecule has 2 unspecified atom stereocenters. The zero-order valence-electron chi connectivity index (χ0n) is 15.3. The fourth-order valence-electron chi connectivity index (χ4n) is 2.80. The Kier molecular flexibility index (Phi) is 5.79. The van der Waals surface area contributed by atoms with Crippen LogP contribution in [0.1, 0.15) is 6.92 Å². The van der Waals surface area contributed by atoms with Crippen LogP contribution in [0.4, 0.5) is 10.2 Å². The van der Waals surface area contributed by atoms with Crippen LogP contribution in [0.5, 0.6) is 0 Å². The Balaban J connectivity index is 2.11. The molecule has 0 aliphatic carbocycles. The summed E-state index contributed by atoms with van der Waals surface area (Å²) in [5, 5.41) is 13.0. The molecule has 0 saturated heterocycles. The lowest BCUT2D eigenvalue weighted by atomic mass is 10.1. The minimum atomic E-state index is -1.28. The van der Waals surface area contributed by atoms with Crippen LogP contribution >= 0.6 is 0 Å². The summed E-state index contributed by atoms with van der Waals surface area (Å²) < 4.78 is 27.2. The third-order valence-corrected chi connectivity index (χ3v) is 4.92. The lowest BCUT2D eigenvalue weighted by molar-refractivity contribution is 0.208. The van der Waals surface area contributed by atoms with E-state index in [-0.39, 0.29) is 5.82 Å². The predicted octanol–water partition coefficient (Wildman–Crippen LogP) is 2.82. The van der Waals surface area contributed by atoms with Crippen molar-refractivity contribution in [3.8, 4) is 22.5 Å². The number of rotatable bonds is 6. The Morgan fingerprint density at radius 1 is 1.26 bits per heavy atom. The van der Waals surface area contributed by atoms with Gasteiger partial charge in [-0.25, -0.2) is 9.37 Å². The number of halogens is 1. The maximum atomic E-state index is 13.3. The van der Waals surface area contributed by atoms with Gasteiger partial charge in [0.05, 0.1) is 11.8 Å². The van der Waals surface area contributed by atoms with Crippen molar-refractivity contribution >= 4 is 17.0 Å². The molecule has 2 heterocycles. The van der Waals surface area contributed by atoms with E-state index in [1.807, 2.05) is 12.1 Å². The molecule has 27 heavy (non-hydrogen) atoms. The predicted molar refractivity (Wildman–Crippen MR) is 104 cm³/mol. The van der Waals surface area contributed by atoms with Crippen molar-refractivity contribution in [3.05, 3.63) is 48.4 Å². The third-order valence-electron chi connectivity index (χ3n) is 4.04. The summed E-state index contributed by atoms with van der Waals surface area (Å²) in [6.07, 6.45) is 2.72. The first-order chi connectivity index (χ1) is 12.9. The molecule has 0 amide bonds. The van der Waals surface area contributed by atoms with E-state index < -0.39 is 17.3 Å². The Hall–Kier alpha value is -2.42. The van der Waals surface area contributed by atoms with Gasteiger partial charge in [-0.3, -0.25) is 4.57 Å². The first-order valence-corrected chi connectivity index (χ1v) is 9.97. The van der Waals surface area contributed by atoms with Gasteiger partial charge in [-0.2, -0.15) is 4.98 Å². The number of aliphatic hydroxyl groups excluding tert-OH is 1. The molecule has 1 aromatic carbocycles. The molecule has 2 N–H and O–H groups in total. The fourth-order valence-corrected chi connectivity index (χ4v) is 3.50. The van der Waals surface area contributed by atoms with Crippen LogP contribution in [0.15, 0.2) is 47.8 Å². The van der Waals surface area contributed by atoms with Gasteiger partial charge < -0.3 is 15.0 Å². The Morgan fingerprint density at radius 3 is 2.59 bits per heavy atom. The average Bonchev–Trinajstić information content (AvgIpc) is 2.98. The zero-order valence-corrected chi connectivity index (χ0v) is 16.1. The van der Waals surface area contributed by atoms with E-state index in [1.54, 1.807) is 43.1 Å². The summed E-state index contributed by atoms with van der Waals surface area (Å²) in [5.41, 5.74) is 2.93. The second kappa shape index (κ2) is 8.08. The normalized spacial score (nSPS) is 13.4. The highest BCUT2D eigenvalue weighted by Gasteiger charge is 2.23. The SMILES string of the molecule is CC(O)CNc1cc(-c2c(-c3ccc(F)cc3)nc([S+](C)[O-])n2C)ccn1. The van der Waals surface area contributed by atoms with Gasteiger partial charge in [0.2, 0.25) is 0 Å². The second-order valence-corrected chi connectivity index (χ2v) is 7.54. The van der Waals surface area contributed by atoms with Crippen LogP contribution in [0.2, 0.25) is 0 Å². The first-order valence-electron chi connectivity index (χ1n) is 8.41. The van der Waals surface area contributed by atoms with Crippen LogP contribution in [-0.2, 0) is 18.2 Å². The van der Waals surface area contributed by atoms with E-state index in [1.165, 1.54) is 12.1 Å². The van der Waals surface area contributed by atoms with Crippen molar-refractivity contribution in [2.75, 3.05) is 18.1 Å². The number of nitrogens with zero attached hydrogens (tertiary/aromatic N) is 3. The van der Waals surface area contributed by atoms with Gasteiger partial charge in [0.25, 0.3) is 0 Å². The molecule has 3 rings (SSSR count). The molecule has 3 aromatic rings. The Labute approximate surface area is 160 Å². The lowest BCUT2D eigenvalue weighted by Gasteiger charge is -2.11. The fraction of sp³-hybridized carbons (Fsp3) is 0.263. The molecule has 8 heteroatoms. The number of benzene rings is 1. The van der Waals surface area contributed by atoms with E-state index in [4.69, 9.17) is 0 Å². The summed E-state index contributed by atoms with van der Waals surface area (Å²) in [6.45, 7) is 2.06. The van der Waals surface area contributed by atoms with E-state index in [0.29, 0.717) is 23.2 Å². The number of aromatic nitrogens is 3. The number of hydrogen-bond donors (Lipinski definition) is 2. The van der Waals surface area contributed by atoms with Gasteiger partial charge in [-0.15, -0.1) is 0 Å². The monoisotopic (exact) mass is 388 g/mol. The highest BCUT2D eigenvalue weighted by molar-refractivity contribution is 7.90. The Bertz CT molecular complexity index is 926. The first kappa shape index (κ1) is 19.3. The van der Waals surface area contributed by atoms with E-state index in [0.717, 1.165) is 16.8 Å². The number of aliphatic hydroxyl groups is 1. The Morgan fingerprint density at radius 2 is 1.96 bits per heavy atom. The molecule has 2 atom stereocenters. The zero-order chi connectivity index (χ0) is 19.6. The number of imidazole rings is 1. The van der Waals surface area contributed by atoms with Crippen molar-refractivity contribution in [1.29, 1.82) is 0 Å². The minimum absolute atomic E-state index is 0.330. The highest BCUT2D eigenvalue weighted by atomic mass is 32.2. The molecular weight excluding hydrogens is 367 g/mol. The van der Waals surface area contributed by atoms with Crippen LogP contribution in [-0.4, -0.2) is 43.1 Å². The van der Waals surface area contributed by atoms with Crippen LogP contribution in [0.3, 0.4) is 0 Å². The van der Waals surface area contributed by atoms with E-state index in [2.05, 4.69) is 15.3 Å². The van der Waals surface area contributed by atoms with Gasteiger partial charge in [0.1, 0.15) is 23.6 Å². The number of pyridine rings is 1. The molecule has 6 nitrogen and oxygen atoms in total. The molecule has 0 aliphatic rings.